The summed E-state index contributed by atoms with van der Waals surface area (Å²) in [7, 11) is 0. The van der Waals surface area contributed by atoms with E-state index in [1.54, 1.807) is 24.3 Å². The summed E-state index contributed by atoms with van der Waals surface area (Å²) in [5, 5.41) is 10.2. The molecule has 2 aliphatic carbocycles. The minimum Gasteiger partial charge on any atom is -0.506 e. The molecular formula is C16H16O3. The van der Waals surface area contributed by atoms with E-state index >= 15 is 0 Å². The van der Waals surface area contributed by atoms with E-state index < -0.39 is 0 Å². The number of Topliss-reactive ketones (excluding diaryl/α,β-unsaturated/α-hetero) is 2. The Labute approximate surface area is 111 Å². The maximum absolute atomic E-state index is 12.5. The molecule has 98 valence electrons. The normalized spacial score (nSPS) is 19.7. The summed E-state index contributed by atoms with van der Waals surface area (Å²) in [4.78, 5) is 24.7. The Balaban J connectivity index is 1.96. The summed E-state index contributed by atoms with van der Waals surface area (Å²) in [5.74, 6) is -0.706. The summed E-state index contributed by atoms with van der Waals surface area (Å²) >= 11 is 0. The largest absolute Gasteiger partial charge is 0.506 e. The molecule has 0 aromatic heterocycles. The SMILES string of the molecule is O=C1C(C(=O)C2CCCCC2)=C(O)c2ccccc21. The molecule has 19 heavy (non-hydrogen) atoms. The van der Waals surface area contributed by atoms with E-state index in [1.807, 2.05) is 0 Å². The molecule has 1 saturated carbocycles. The third-order valence-electron chi connectivity index (χ3n) is 4.11. The number of hydrogen-bond donors (Lipinski definition) is 1. The van der Waals surface area contributed by atoms with E-state index in [1.165, 1.54) is 0 Å². The van der Waals surface area contributed by atoms with Crippen LogP contribution in [0.1, 0.15) is 48.0 Å². The maximum atomic E-state index is 12.5. The van der Waals surface area contributed by atoms with Gasteiger partial charge in [0.05, 0.1) is 0 Å². The lowest BCUT2D eigenvalue weighted by atomic mass is 9.83. The molecule has 0 radical (unpaired) electrons. The van der Waals surface area contributed by atoms with E-state index in [4.69, 9.17) is 0 Å². The van der Waals surface area contributed by atoms with Gasteiger partial charge in [0.1, 0.15) is 11.3 Å². The van der Waals surface area contributed by atoms with Crippen LogP contribution in [0, 0.1) is 5.92 Å². The number of benzene rings is 1. The van der Waals surface area contributed by atoms with E-state index in [9.17, 15) is 14.7 Å². The molecule has 0 amide bonds. The van der Waals surface area contributed by atoms with Gasteiger partial charge in [0, 0.05) is 17.0 Å². The zero-order valence-electron chi connectivity index (χ0n) is 10.7. The Morgan fingerprint density at radius 2 is 1.68 bits per heavy atom. The highest BCUT2D eigenvalue weighted by Crippen LogP contribution is 2.35. The van der Waals surface area contributed by atoms with Crippen LogP contribution in [0.2, 0.25) is 0 Å². The standard InChI is InChI=1S/C16H16O3/c17-14(10-6-2-1-3-7-10)13-15(18)11-8-4-5-9-12(11)16(13)19/h4-5,8-10,18H,1-3,6-7H2. The van der Waals surface area contributed by atoms with E-state index in [2.05, 4.69) is 0 Å². The van der Waals surface area contributed by atoms with Crippen molar-refractivity contribution in [1.29, 1.82) is 0 Å². The minimum atomic E-state index is -0.316. The first-order chi connectivity index (χ1) is 9.20. The highest BCUT2D eigenvalue weighted by atomic mass is 16.3. The lowest BCUT2D eigenvalue weighted by molar-refractivity contribution is -0.119. The van der Waals surface area contributed by atoms with Gasteiger partial charge in [-0.2, -0.15) is 0 Å². The fourth-order valence-electron chi connectivity index (χ4n) is 3.06. The van der Waals surface area contributed by atoms with Gasteiger partial charge in [-0.25, -0.2) is 0 Å². The number of allylic oxidation sites excluding steroid dienone is 1. The van der Waals surface area contributed by atoms with Crippen LogP contribution >= 0.6 is 0 Å². The van der Waals surface area contributed by atoms with Crippen molar-refractivity contribution >= 4 is 17.3 Å². The van der Waals surface area contributed by atoms with Crippen LogP contribution in [0.3, 0.4) is 0 Å². The maximum Gasteiger partial charge on any atom is 0.201 e. The van der Waals surface area contributed by atoms with Crippen LogP contribution in [0.4, 0.5) is 0 Å². The fourth-order valence-corrected chi connectivity index (χ4v) is 3.06. The first-order valence-electron chi connectivity index (χ1n) is 6.81. The first kappa shape index (κ1) is 12.2. The number of fused-ring (bicyclic) bond motifs is 1. The van der Waals surface area contributed by atoms with Gasteiger partial charge >= 0.3 is 0 Å². The van der Waals surface area contributed by atoms with Crippen molar-refractivity contribution in [3.05, 3.63) is 41.0 Å². The Morgan fingerprint density at radius 3 is 2.32 bits per heavy atom. The first-order valence-corrected chi connectivity index (χ1v) is 6.81. The van der Waals surface area contributed by atoms with Crippen molar-refractivity contribution in [2.75, 3.05) is 0 Å². The molecule has 0 heterocycles. The summed E-state index contributed by atoms with van der Waals surface area (Å²) in [6, 6.07) is 6.85. The average Bonchev–Trinajstić information content (AvgIpc) is 2.72. The smallest absolute Gasteiger partial charge is 0.201 e. The molecule has 1 fully saturated rings. The third-order valence-corrected chi connectivity index (χ3v) is 4.11. The van der Waals surface area contributed by atoms with Gasteiger partial charge in [-0.1, -0.05) is 43.5 Å². The second-order valence-corrected chi connectivity index (χ2v) is 5.30. The highest BCUT2D eigenvalue weighted by Gasteiger charge is 2.37. The summed E-state index contributed by atoms with van der Waals surface area (Å²) < 4.78 is 0. The lowest BCUT2D eigenvalue weighted by Crippen LogP contribution is -2.22. The van der Waals surface area contributed by atoms with Crippen LogP contribution < -0.4 is 0 Å². The minimum absolute atomic E-state index is 0.00750. The van der Waals surface area contributed by atoms with Gasteiger partial charge in [-0.15, -0.1) is 0 Å². The Bertz CT molecular complexity index is 577. The number of rotatable bonds is 2. The van der Waals surface area contributed by atoms with Crippen molar-refractivity contribution in [3.8, 4) is 0 Å². The number of hydrogen-bond acceptors (Lipinski definition) is 3. The predicted molar refractivity (Wildman–Crippen MR) is 71.9 cm³/mol. The molecule has 1 N–H and O–H groups in total. The molecule has 3 rings (SSSR count). The Morgan fingerprint density at radius 1 is 1.05 bits per heavy atom. The van der Waals surface area contributed by atoms with Gasteiger partial charge in [0.2, 0.25) is 5.78 Å². The van der Waals surface area contributed by atoms with Crippen molar-refractivity contribution in [1.82, 2.24) is 0 Å². The quantitative estimate of drug-likeness (QED) is 0.826. The number of carbonyl (C=O) groups excluding carboxylic acids is 2. The third kappa shape index (κ3) is 1.89. The molecule has 1 aromatic carbocycles. The van der Waals surface area contributed by atoms with Crippen molar-refractivity contribution < 1.29 is 14.7 Å². The van der Waals surface area contributed by atoms with Gasteiger partial charge in [-0.05, 0) is 12.8 Å². The Hall–Kier alpha value is -1.90. The van der Waals surface area contributed by atoms with Gasteiger partial charge in [0.15, 0.2) is 5.78 Å². The Kier molecular flexibility index (Phi) is 2.97. The van der Waals surface area contributed by atoms with Gasteiger partial charge in [-0.3, -0.25) is 9.59 Å². The van der Waals surface area contributed by atoms with Crippen LogP contribution in [-0.2, 0) is 4.79 Å². The summed E-state index contributed by atoms with van der Waals surface area (Å²) in [6.07, 6.45) is 4.89. The lowest BCUT2D eigenvalue weighted by Gasteiger charge is -2.20. The number of carbonyl (C=O) groups is 2. The van der Waals surface area contributed by atoms with Crippen molar-refractivity contribution in [2.24, 2.45) is 5.92 Å². The van der Waals surface area contributed by atoms with Crippen LogP contribution in [0.5, 0.6) is 0 Å². The topological polar surface area (TPSA) is 54.4 Å². The molecule has 3 nitrogen and oxygen atoms in total. The molecule has 0 saturated heterocycles. The average molecular weight is 256 g/mol. The molecule has 0 atom stereocenters. The summed E-state index contributed by atoms with van der Waals surface area (Å²) in [6.45, 7) is 0. The van der Waals surface area contributed by atoms with Crippen molar-refractivity contribution in [3.63, 3.8) is 0 Å². The monoisotopic (exact) mass is 256 g/mol. The molecule has 0 aliphatic heterocycles. The molecule has 0 bridgehead atoms. The molecule has 0 spiro atoms. The van der Waals surface area contributed by atoms with Crippen LogP contribution in [0.15, 0.2) is 29.8 Å². The number of aliphatic hydroxyl groups is 1. The van der Waals surface area contributed by atoms with Crippen LogP contribution in [-0.4, -0.2) is 16.7 Å². The van der Waals surface area contributed by atoms with Gasteiger partial charge < -0.3 is 5.11 Å². The molecule has 1 aromatic rings. The number of ketones is 2. The van der Waals surface area contributed by atoms with E-state index in [0.29, 0.717) is 11.1 Å². The zero-order chi connectivity index (χ0) is 13.4. The van der Waals surface area contributed by atoms with Gasteiger partial charge in [0.25, 0.3) is 0 Å². The molecular weight excluding hydrogens is 240 g/mol. The second kappa shape index (κ2) is 4.65. The second-order valence-electron chi connectivity index (χ2n) is 5.30. The molecule has 3 heteroatoms. The molecule has 2 aliphatic rings. The van der Waals surface area contributed by atoms with Crippen molar-refractivity contribution in [2.45, 2.75) is 32.1 Å². The van der Waals surface area contributed by atoms with E-state index in [-0.39, 0.29) is 28.8 Å². The zero-order valence-corrected chi connectivity index (χ0v) is 10.7. The molecule has 0 unspecified atom stereocenters. The predicted octanol–water partition coefficient (Wildman–Crippen LogP) is 3.30. The summed E-state index contributed by atoms with van der Waals surface area (Å²) in [5.41, 5.74) is 0.943. The van der Waals surface area contributed by atoms with Crippen LogP contribution in [0.25, 0.3) is 5.76 Å². The highest BCUT2D eigenvalue weighted by molar-refractivity contribution is 6.34. The fraction of sp³-hybridized carbons (Fsp3) is 0.375. The van der Waals surface area contributed by atoms with E-state index in [0.717, 1.165) is 32.1 Å². The number of aliphatic hydroxyl groups excluding tert-OH is 1.